The highest BCUT2D eigenvalue weighted by Crippen LogP contribution is 2.22. The van der Waals surface area contributed by atoms with Crippen molar-refractivity contribution in [2.45, 2.75) is 18.9 Å². The molecule has 11 heteroatoms. The zero-order chi connectivity index (χ0) is 21.5. The highest BCUT2D eigenvalue weighted by Gasteiger charge is 2.21. The highest BCUT2D eigenvalue weighted by molar-refractivity contribution is 6.04. The fourth-order valence-electron chi connectivity index (χ4n) is 3.09. The van der Waals surface area contributed by atoms with Gasteiger partial charge in [-0.25, -0.2) is 14.2 Å². The van der Waals surface area contributed by atoms with Crippen LogP contribution in [-0.2, 0) is 0 Å². The number of aromatic hydroxyl groups is 1. The smallest absolute Gasteiger partial charge is 0.326 e. The summed E-state index contributed by atoms with van der Waals surface area (Å²) in [5.74, 6) is -1.45. The largest absolute Gasteiger partial charge is 0.493 e. The molecule has 4 N–H and O–H groups in total. The number of aromatic amines is 2. The average Bonchev–Trinajstić information content (AvgIpc) is 3.37. The Morgan fingerprint density at radius 2 is 2.13 bits per heavy atom. The molecule has 3 aromatic heterocycles. The van der Waals surface area contributed by atoms with Crippen molar-refractivity contribution in [1.82, 2.24) is 24.6 Å². The van der Waals surface area contributed by atoms with Gasteiger partial charge < -0.3 is 15.4 Å². The summed E-state index contributed by atoms with van der Waals surface area (Å²) in [4.78, 5) is 37.7. The number of fused-ring (bicyclic) bond motifs is 1. The number of anilines is 1. The fraction of sp³-hybridized carbons (Fsp3) is 0.150. The summed E-state index contributed by atoms with van der Waals surface area (Å²) >= 11 is 0. The van der Waals surface area contributed by atoms with Gasteiger partial charge in [0.1, 0.15) is 17.3 Å². The first-order chi connectivity index (χ1) is 15.0. The quantitative estimate of drug-likeness (QED) is 0.379. The van der Waals surface area contributed by atoms with E-state index in [9.17, 15) is 19.1 Å². The van der Waals surface area contributed by atoms with E-state index in [-0.39, 0.29) is 29.0 Å². The molecule has 31 heavy (non-hydrogen) atoms. The van der Waals surface area contributed by atoms with Gasteiger partial charge >= 0.3 is 5.69 Å². The number of halogens is 1. The number of amides is 1. The van der Waals surface area contributed by atoms with Crippen molar-refractivity contribution in [1.29, 1.82) is 0 Å². The molecule has 1 aromatic carbocycles. The summed E-state index contributed by atoms with van der Waals surface area (Å²) in [7, 11) is 0. The normalized spacial score (nSPS) is 15.0. The van der Waals surface area contributed by atoms with E-state index in [1.807, 2.05) is 0 Å². The molecule has 4 aromatic rings. The molecule has 0 unspecified atom stereocenters. The maximum Gasteiger partial charge on any atom is 0.326 e. The Bertz CT molecular complexity index is 1500. The number of hydrogen-bond acceptors (Lipinski definition) is 6. The monoisotopic (exact) mass is 421 g/mol. The summed E-state index contributed by atoms with van der Waals surface area (Å²) in [5.41, 5.74) is 0.300. The van der Waals surface area contributed by atoms with Crippen LogP contribution < -0.4 is 21.7 Å². The van der Waals surface area contributed by atoms with Crippen LogP contribution >= 0.6 is 0 Å². The summed E-state index contributed by atoms with van der Waals surface area (Å²) in [6, 6.07) is 7.38. The lowest BCUT2D eigenvalue weighted by molar-refractivity contribution is 0.102. The van der Waals surface area contributed by atoms with Crippen LogP contribution in [0.2, 0.25) is 0 Å². The van der Waals surface area contributed by atoms with E-state index in [2.05, 4.69) is 30.4 Å². The lowest BCUT2D eigenvalue weighted by atomic mass is 10.2. The number of benzene rings is 1. The Morgan fingerprint density at radius 3 is 2.84 bits per heavy atom. The predicted octanol–water partition coefficient (Wildman–Crippen LogP) is 0.453. The third-order valence-electron chi connectivity index (χ3n) is 4.74. The van der Waals surface area contributed by atoms with Crippen LogP contribution in [0, 0.1) is 5.82 Å². The van der Waals surface area contributed by atoms with Crippen LogP contribution in [0.15, 0.2) is 46.3 Å². The van der Waals surface area contributed by atoms with Gasteiger partial charge in [0.05, 0.1) is 17.8 Å². The van der Waals surface area contributed by atoms with Crippen molar-refractivity contribution < 1.29 is 14.3 Å². The number of carbonyl (C=O) groups excluding carboxylic acids is 1. The number of imidazole rings is 1. The molecular weight excluding hydrogens is 405 g/mol. The molecule has 5 rings (SSSR count). The Labute approximate surface area is 172 Å². The second kappa shape index (κ2) is 7.20. The first kappa shape index (κ1) is 18.7. The van der Waals surface area contributed by atoms with Crippen LogP contribution in [0.4, 0.5) is 10.2 Å². The fourth-order valence-corrected chi connectivity index (χ4v) is 3.09. The van der Waals surface area contributed by atoms with Crippen LogP contribution in [0.3, 0.4) is 0 Å². The van der Waals surface area contributed by atoms with Crippen molar-refractivity contribution in [3.63, 3.8) is 0 Å². The standard InChI is InChI=1S/C20H16FN7O3/c21-13-4-2-1-3-12(13)18(29)26-15-8-16(23-11-5-6-11)28-17(25-15)10(9-22-28)7-14-19(30)27-20(31)24-14/h1-4,7-9,11,30H,5-6H2,(H,26,29)(H2,24,27,31)/b10-7-,23-16?. The number of carbonyl (C=O) groups is 1. The molecule has 156 valence electrons. The summed E-state index contributed by atoms with van der Waals surface area (Å²) in [5, 5.41) is 17.2. The zero-order valence-electron chi connectivity index (χ0n) is 16.0. The minimum Gasteiger partial charge on any atom is -0.493 e. The second-order valence-corrected chi connectivity index (χ2v) is 7.11. The zero-order valence-corrected chi connectivity index (χ0v) is 16.0. The third-order valence-corrected chi connectivity index (χ3v) is 4.74. The van der Waals surface area contributed by atoms with Gasteiger partial charge in [0.25, 0.3) is 5.91 Å². The number of rotatable bonds is 4. The molecule has 0 aliphatic heterocycles. The maximum atomic E-state index is 14.0. The molecule has 0 radical (unpaired) electrons. The van der Waals surface area contributed by atoms with Gasteiger partial charge in [-0.1, -0.05) is 12.1 Å². The van der Waals surface area contributed by atoms with Gasteiger partial charge in [-0.05, 0) is 31.1 Å². The lowest BCUT2D eigenvalue weighted by Gasteiger charge is -2.06. The third kappa shape index (κ3) is 3.68. The molecule has 1 saturated carbocycles. The Kier molecular flexibility index (Phi) is 4.35. The van der Waals surface area contributed by atoms with Gasteiger partial charge in [-0.2, -0.15) is 9.61 Å². The van der Waals surface area contributed by atoms with Gasteiger partial charge in [0, 0.05) is 11.3 Å². The molecular formula is C20H16FN7O3. The minimum atomic E-state index is -0.648. The molecule has 3 heterocycles. The first-order valence-electron chi connectivity index (χ1n) is 9.49. The molecule has 1 aliphatic rings. The Balaban J connectivity index is 1.64. The van der Waals surface area contributed by atoms with E-state index in [0.29, 0.717) is 16.4 Å². The van der Waals surface area contributed by atoms with E-state index < -0.39 is 17.4 Å². The molecule has 1 amide bonds. The van der Waals surface area contributed by atoms with Crippen LogP contribution in [-0.4, -0.2) is 41.6 Å². The molecule has 1 aliphatic carbocycles. The first-order valence-corrected chi connectivity index (χ1v) is 9.49. The van der Waals surface area contributed by atoms with Gasteiger partial charge in [-0.3, -0.25) is 14.8 Å². The van der Waals surface area contributed by atoms with E-state index in [1.165, 1.54) is 35.0 Å². The number of H-pyrrole nitrogens is 2. The maximum absolute atomic E-state index is 14.0. The summed E-state index contributed by atoms with van der Waals surface area (Å²) < 4.78 is 15.5. The molecule has 0 saturated heterocycles. The van der Waals surface area contributed by atoms with Crippen molar-refractivity contribution >= 4 is 23.4 Å². The molecule has 1 fully saturated rings. The number of nitrogens with zero attached hydrogens (tertiary/aromatic N) is 4. The number of aromatic nitrogens is 5. The van der Waals surface area contributed by atoms with E-state index >= 15 is 0 Å². The van der Waals surface area contributed by atoms with Crippen LogP contribution in [0.25, 0.3) is 11.7 Å². The molecule has 0 spiro atoms. The highest BCUT2D eigenvalue weighted by atomic mass is 19.1. The van der Waals surface area contributed by atoms with E-state index in [1.54, 1.807) is 12.1 Å². The van der Waals surface area contributed by atoms with E-state index in [0.717, 1.165) is 12.8 Å². The summed E-state index contributed by atoms with van der Waals surface area (Å²) in [6.45, 7) is 0. The second-order valence-electron chi connectivity index (χ2n) is 7.11. The van der Waals surface area contributed by atoms with Gasteiger partial charge in [-0.15, -0.1) is 0 Å². The van der Waals surface area contributed by atoms with Crippen molar-refractivity contribution in [3.8, 4) is 5.88 Å². The van der Waals surface area contributed by atoms with Crippen LogP contribution in [0.1, 0.15) is 28.9 Å². The predicted molar refractivity (Wildman–Crippen MR) is 108 cm³/mol. The average molecular weight is 421 g/mol. The topological polar surface area (TPSA) is 141 Å². The van der Waals surface area contributed by atoms with Gasteiger partial charge in [0.15, 0.2) is 11.1 Å². The lowest BCUT2D eigenvalue weighted by Crippen LogP contribution is -2.22. The van der Waals surface area contributed by atoms with Crippen molar-refractivity contribution in [2.24, 2.45) is 4.99 Å². The number of nitrogens with one attached hydrogen (secondary N) is 3. The molecule has 0 bridgehead atoms. The molecule has 10 nitrogen and oxygen atoms in total. The minimum absolute atomic E-state index is 0.111. The summed E-state index contributed by atoms with van der Waals surface area (Å²) in [6.07, 6.45) is 4.91. The molecule has 0 atom stereocenters. The Morgan fingerprint density at radius 1 is 1.32 bits per heavy atom. The van der Waals surface area contributed by atoms with E-state index in [4.69, 9.17) is 0 Å². The SMILES string of the molecule is O=C(Nc1cc(=NC2CC2)n2nc/c(=C/c3[nH]c(=O)[nH]c3O)c2n1)c1ccccc1F. The van der Waals surface area contributed by atoms with Crippen molar-refractivity contribution in [3.05, 3.63) is 74.8 Å². The van der Waals surface area contributed by atoms with Crippen LogP contribution in [0.5, 0.6) is 5.88 Å². The van der Waals surface area contributed by atoms with Crippen molar-refractivity contribution in [2.75, 3.05) is 5.32 Å². The Hall–Kier alpha value is -4.28. The number of hydrogen-bond donors (Lipinski definition) is 4. The van der Waals surface area contributed by atoms with Gasteiger partial charge in [0.2, 0.25) is 5.88 Å².